The number of rotatable bonds is 3. The van der Waals surface area contributed by atoms with Crippen LogP contribution >= 0.6 is 22.9 Å². The van der Waals surface area contributed by atoms with Crippen molar-refractivity contribution in [2.45, 2.75) is 0 Å². The van der Waals surface area contributed by atoms with E-state index in [2.05, 4.69) is 5.16 Å². The van der Waals surface area contributed by atoms with Crippen LogP contribution in [0.1, 0.15) is 0 Å². The molecule has 2 N–H and O–H groups in total. The van der Waals surface area contributed by atoms with E-state index in [1.165, 1.54) is 11.3 Å². The minimum absolute atomic E-state index is 0.287. The highest BCUT2D eigenvalue weighted by Crippen LogP contribution is 2.40. The molecule has 0 saturated carbocycles. The van der Waals surface area contributed by atoms with Crippen molar-refractivity contribution in [2.75, 3.05) is 12.8 Å². The number of nitrogen functional groups attached to an aromatic ring is 1. The molecule has 0 saturated heterocycles. The van der Waals surface area contributed by atoms with Crippen LogP contribution in [-0.4, -0.2) is 12.3 Å². The topological polar surface area (TPSA) is 61.3 Å². The fourth-order valence-electron chi connectivity index (χ4n) is 1.92. The smallest absolute Gasteiger partial charge is 0.230 e. The number of methoxy groups -OCH3 is 1. The van der Waals surface area contributed by atoms with Gasteiger partial charge < -0.3 is 15.0 Å². The molecule has 1 aromatic carbocycles. The fraction of sp³-hybridized carbons (Fsp3) is 0.0714. The van der Waals surface area contributed by atoms with E-state index in [4.69, 9.17) is 26.6 Å². The molecule has 102 valence electrons. The number of nitrogens with zero attached hydrogens (tertiary/aromatic N) is 1. The Morgan fingerprint density at radius 2 is 2.05 bits per heavy atom. The number of nitrogens with two attached hydrogens (primary N) is 1. The monoisotopic (exact) mass is 306 g/mol. The molecule has 4 nitrogen and oxygen atoms in total. The van der Waals surface area contributed by atoms with Gasteiger partial charge in [-0.15, -0.1) is 11.3 Å². The quantitative estimate of drug-likeness (QED) is 0.783. The van der Waals surface area contributed by atoms with Crippen LogP contribution in [-0.2, 0) is 0 Å². The lowest BCUT2D eigenvalue weighted by molar-refractivity contribution is 0.416. The molecule has 0 aliphatic heterocycles. The van der Waals surface area contributed by atoms with Crippen molar-refractivity contribution >= 4 is 28.8 Å². The van der Waals surface area contributed by atoms with Gasteiger partial charge in [0.15, 0.2) is 0 Å². The maximum atomic E-state index is 5.91. The Balaban J connectivity index is 2.11. The van der Waals surface area contributed by atoms with E-state index < -0.39 is 0 Å². The molecule has 0 spiro atoms. The first-order chi connectivity index (χ1) is 9.69. The number of hydrogen-bond donors (Lipinski definition) is 1. The predicted octanol–water partition coefficient (Wildman–Crippen LogP) is 4.31. The lowest BCUT2D eigenvalue weighted by atomic mass is 10.0. The third-order valence-corrected chi connectivity index (χ3v) is 4.06. The molecular formula is C14H11ClN2O2S. The highest BCUT2D eigenvalue weighted by Gasteiger charge is 2.19. The Kier molecular flexibility index (Phi) is 3.38. The summed E-state index contributed by atoms with van der Waals surface area (Å²) in [7, 11) is 1.63. The predicted molar refractivity (Wildman–Crippen MR) is 81.2 cm³/mol. The van der Waals surface area contributed by atoms with Gasteiger partial charge in [0.2, 0.25) is 5.88 Å². The molecule has 2 heterocycles. The van der Waals surface area contributed by atoms with Crippen LogP contribution in [0.2, 0.25) is 5.02 Å². The van der Waals surface area contributed by atoms with E-state index in [1.807, 2.05) is 35.7 Å². The summed E-state index contributed by atoms with van der Waals surface area (Å²) < 4.78 is 10.3. The van der Waals surface area contributed by atoms with Crippen LogP contribution in [0.15, 0.2) is 40.2 Å². The molecule has 6 heteroatoms. The first-order valence-corrected chi connectivity index (χ1v) is 7.09. The Morgan fingerprint density at radius 3 is 2.70 bits per heavy atom. The number of thiophene rings is 1. The van der Waals surface area contributed by atoms with Crippen molar-refractivity contribution in [2.24, 2.45) is 0 Å². The molecule has 0 aliphatic carbocycles. The molecule has 20 heavy (non-hydrogen) atoms. The summed E-state index contributed by atoms with van der Waals surface area (Å²) in [6.07, 6.45) is 0. The number of halogens is 1. The van der Waals surface area contributed by atoms with E-state index in [-0.39, 0.29) is 5.88 Å². The van der Waals surface area contributed by atoms with E-state index >= 15 is 0 Å². The van der Waals surface area contributed by atoms with Gasteiger partial charge in [-0.3, -0.25) is 0 Å². The second kappa shape index (κ2) is 5.19. The van der Waals surface area contributed by atoms with Crippen molar-refractivity contribution in [1.82, 2.24) is 5.16 Å². The first kappa shape index (κ1) is 13.0. The number of anilines is 1. The third kappa shape index (κ3) is 2.26. The van der Waals surface area contributed by atoms with Crippen LogP contribution in [0.4, 0.5) is 5.88 Å². The van der Waals surface area contributed by atoms with Gasteiger partial charge in [-0.25, -0.2) is 0 Å². The molecule has 3 aromatic rings. The molecule has 0 amide bonds. The van der Waals surface area contributed by atoms with Gasteiger partial charge in [-0.2, -0.15) is 0 Å². The van der Waals surface area contributed by atoms with Gasteiger partial charge >= 0.3 is 0 Å². The molecule has 0 aliphatic rings. The molecule has 2 aromatic heterocycles. The largest absolute Gasteiger partial charge is 0.496 e. The SMILES string of the molecule is COc1csc(-c2noc(N)c2-c2ccc(Cl)cc2)c1. The minimum Gasteiger partial charge on any atom is -0.496 e. The molecule has 0 radical (unpaired) electrons. The number of benzene rings is 1. The number of ether oxygens (including phenoxy) is 1. The van der Waals surface area contributed by atoms with Crippen LogP contribution in [0, 0.1) is 0 Å². The normalized spacial score (nSPS) is 10.7. The molecule has 0 fully saturated rings. The first-order valence-electron chi connectivity index (χ1n) is 5.83. The molecule has 0 bridgehead atoms. The lowest BCUT2D eigenvalue weighted by Crippen LogP contribution is -1.86. The summed E-state index contributed by atoms with van der Waals surface area (Å²) in [5.74, 6) is 1.07. The van der Waals surface area contributed by atoms with E-state index in [0.29, 0.717) is 10.7 Å². The van der Waals surface area contributed by atoms with E-state index in [9.17, 15) is 0 Å². The van der Waals surface area contributed by atoms with Crippen LogP contribution < -0.4 is 10.5 Å². The Labute approximate surface area is 124 Å². The average molecular weight is 307 g/mol. The fourth-order valence-corrected chi connectivity index (χ4v) is 2.89. The zero-order valence-electron chi connectivity index (χ0n) is 10.6. The van der Waals surface area contributed by atoms with E-state index in [0.717, 1.165) is 21.8 Å². The van der Waals surface area contributed by atoms with Crippen molar-refractivity contribution in [3.63, 3.8) is 0 Å². The highest BCUT2D eigenvalue weighted by molar-refractivity contribution is 7.13. The summed E-state index contributed by atoms with van der Waals surface area (Å²) in [6, 6.07) is 9.30. The third-order valence-electron chi connectivity index (χ3n) is 2.90. The van der Waals surface area contributed by atoms with Crippen molar-refractivity contribution in [3.05, 3.63) is 40.7 Å². The summed E-state index contributed by atoms with van der Waals surface area (Å²) in [5.41, 5.74) is 8.29. The Morgan fingerprint density at radius 1 is 1.30 bits per heavy atom. The van der Waals surface area contributed by atoms with Gasteiger partial charge in [0.1, 0.15) is 11.4 Å². The maximum absolute atomic E-state index is 5.91. The zero-order valence-corrected chi connectivity index (χ0v) is 12.2. The highest BCUT2D eigenvalue weighted by atomic mass is 35.5. The van der Waals surface area contributed by atoms with Crippen LogP contribution in [0.25, 0.3) is 21.7 Å². The minimum atomic E-state index is 0.287. The van der Waals surface area contributed by atoms with Crippen molar-refractivity contribution in [3.8, 4) is 27.4 Å². The average Bonchev–Trinajstić information content (AvgIpc) is 3.06. The summed E-state index contributed by atoms with van der Waals surface area (Å²) in [6.45, 7) is 0. The summed E-state index contributed by atoms with van der Waals surface area (Å²) in [5, 5.41) is 6.63. The standard InChI is InChI=1S/C14H11ClN2O2S/c1-18-10-6-11(20-7-10)13-12(14(16)19-17-13)8-2-4-9(15)5-3-8/h2-7H,16H2,1H3. The second-order valence-corrected chi connectivity index (χ2v) is 5.48. The van der Waals surface area contributed by atoms with Gasteiger partial charge in [0, 0.05) is 16.5 Å². The second-order valence-electron chi connectivity index (χ2n) is 4.13. The van der Waals surface area contributed by atoms with Gasteiger partial charge in [-0.1, -0.05) is 28.9 Å². The Bertz CT molecular complexity index is 734. The molecule has 3 rings (SSSR count). The number of hydrogen-bond acceptors (Lipinski definition) is 5. The lowest BCUT2D eigenvalue weighted by Gasteiger charge is -2.01. The summed E-state index contributed by atoms with van der Waals surface area (Å²) in [4.78, 5) is 0.937. The summed E-state index contributed by atoms with van der Waals surface area (Å²) >= 11 is 7.43. The van der Waals surface area contributed by atoms with Gasteiger partial charge in [-0.05, 0) is 17.7 Å². The molecule has 0 unspecified atom stereocenters. The van der Waals surface area contributed by atoms with Crippen molar-refractivity contribution in [1.29, 1.82) is 0 Å². The van der Waals surface area contributed by atoms with E-state index in [1.54, 1.807) is 7.11 Å². The zero-order chi connectivity index (χ0) is 14.1. The van der Waals surface area contributed by atoms with Crippen LogP contribution in [0.3, 0.4) is 0 Å². The number of aromatic nitrogens is 1. The van der Waals surface area contributed by atoms with Gasteiger partial charge in [0.25, 0.3) is 0 Å². The molecule has 0 atom stereocenters. The van der Waals surface area contributed by atoms with Crippen LogP contribution in [0.5, 0.6) is 5.75 Å². The maximum Gasteiger partial charge on any atom is 0.230 e. The molecular weight excluding hydrogens is 296 g/mol. The van der Waals surface area contributed by atoms with Gasteiger partial charge in [0.05, 0.1) is 17.6 Å². The van der Waals surface area contributed by atoms with Crippen molar-refractivity contribution < 1.29 is 9.26 Å². The Hall–Kier alpha value is -1.98.